The van der Waals surface area contributed by atoms with E-state index in [0.717, 1.165) is 11.5 Å². The van der Waals surface area contributed by atoms with Crippen LogP contribution in [0.2, 0.25) is 0 Å². The maximum absolute atomic E-state index is 12.5. The smallest absolute Gasteiger partial charge is 0.227 e. The molecule has 2 N–H and O–H groups in total. The lowest BCUT2D eigenvalue weighted by atomic mass is 10.1. The first-order chi connectivity index (χ1) is 14.6. The molecule has 0 bridgehead atoms. The van der Waals surface area contributed by atoms with Crippen LogP contribution in [0.5, 0.6) is 0 Å². The summed E-state index contributed by atoms with van der Waals surface area (Å²) in [6, 6.07) is 15.2. The zero-order valence-corrected chi connectivity index (χ0v) is 16.8. The molecule has 1 saturated heterocycles. The number of anilines is 2. The third-order valence-electron chi connectivity index (χ3n) is 4.99. The molecule has 154 valence electrons. The summed E-state index contributed by atoms with van der Waals surface area (Å²) in [6.07, 6.45) is 4.08. The summed E-state index contributed by atoms with van der Waals surface area (Å²) >= 11 is 0. The summed E-state index contributed by atoms with van der Waals surface area (Å²) in [4.78, 5) is 35.3. The molecule has 8 nitrogen and oxygen atoms in total. The number of benzene rings is 1. The quantitative estimate of drug-likeness (QED) is 0.589. The van der Waals surface area contributed by atoms with Crippen LogP contribution in [-0.2, 0) is 9.59 Å². The van der Waals surface area contributed by atoms with Crippen LogP contribution in [0.25, 0.3) is 5.82 Å². The largest absolute Gasteiger partial charge is 0.368 e. The van der Waals surface area contributed by atoms with Gasteiger partial charge in [0.1, 0.15) is 17.5 Å². The van der Waals surface area contributed by atoms with Gasteiger partial charge in [-0.05, 0) is 31.2 Å². The van der Waals surface area contributed by atoms with Crippen molar-refractivity contribution in [3.8, 4) is 5.82 Å². The van der Waals surface area contributed by atoms with Crippen molar-refractivity contribution < 1.29 is 9.59 Å². The number of carbonyl (C=O) groups is 2. The van der Waals surface area contributed by atoms with Crippen molar-refractivity contribution in [3.05, 3.63) is 66.7 Å². The van der Waals surface area contributed by atoms with Crippen molar-refractivity contribution in [3.63, 3.8) is 0 Å². The summed E-state index contributed by atoms with van der Waals surface area (Å²) in [7, 11) is 0. The fourth-order valence-corrected chi connectivity index (χ4v) is 3.52. The highest BCUT2D eigenvalue weighted by atomic mass is 16.2. The van der Waals surface area contributed by atoms with E-state index in [2.05, 4.69) is 20.6 Å². The van der Waals surface area contributed by atoms with Crippen molar-refractivity contribution in [2.75, 3.05) is 29.9 Å². The second kappa shape index (κ2) is 8.77. The SMILES string of the molecule is Cc1nc(NCCNC(=O)C2CC(=O)N(c3ccccc3)C2)cc(-n2cccc2)n1. The highest BCUT2D eigenvalue weighted by Crippen LogP contribution is 2.24. The average molecular weight is 404 g/mol. The number of nitrogens with one attached hydrogen (secondary N) is 2. The monoisotopic (exact) mass is 404 g/mol. The third kappa shape index (κ3) is 4.48. The van der Waals surface area contributed by atoms with Crippen molar-refractivity contribution >= 4 is 23.3 Å². The van der Waals surface area contributed by atoms with Crippen LogP contribution < -0.4 is 15.5 Å². The molecule has 4 rings (SSSR count). The minimum atomic E-state index is -0.334. The van der Waals surface area contributed by atoms with E-state index in [4.69, 9.17) is 0 Å². The van der Waals surface area contributed by atoms with Crippen LogP contribution in [-0.4, -0.2) is 46.0 Å². The Kier molecular flexibility index (Phi) is 5.74. The van der Waals surface area contributed by atoms with E-state index in [1.807, 2.05) is 72.4 Å². The van der Waals surface area contributed by atoms with Gasteiger partial charge in [-0.25, -0.2) is 9.97 Å². The lowest BCUT2D eigenvalue weighted by Crippen LogP contribution is -2.35. The van der Waals surface area contributed by atoms with Crippen LogP contribution in [0.3, 0.4) is 0 Å². The van der Waals surface area contributed by atoms with Crippen LogP contribution in [0, 0.1) is 12.8 Å². The number of rotatable bonds is 7. The first-order valence-electron chi connectivity index (χ1n) is 9.96. The second-order valence-electron chi connectivity index (χ2n) is 7.21. The first-order valence-corrected chi connectivity index (χ1v) is 9.96. The highest BCUT2D eigenvalue weighted by Gasteiger charge is 2.34. The number of carbonyl (C=O) groups excluding carboxylic acids is 2. The number of hydrogen-bond acceptors (Lipinski definition) is 5. The molecule has 30 heavy (non-hydrogen) atoms. The Balaban J connectivity index is 1.27. The average Bonchev–Trinajstić information content (AvgIpc) is 3.41. The maximum atomic E-state index is 12.5. The number of aromatic nitrogens is 3. The number of nitrogens with zero attached hydrogens (tertiary/aromatic N) is 4. The summed E-state index contributed by atoms with van der Waals surface area (Å²) in [5.41, 5.74) is 0.831. The first kappa shape index (κ1) is 19.6. The molecule has 0 saturated carbocycles. The number of aryl methyl sites for hydroxylation is 1. The Morgan fingerprint density at radius 3 is 2.63 bits per heavy atom. The molecule has 3 aromatic rings. The Labute approximate surface area is 175 Å². The van der Waals surface area contributed by atoms with E-state index in [1.54, 1.807) is 4.90 Å². The van der Waals surface area contributed by atoms with E-state index in [-0.39, 0.29) is 24.2 Å². The third-order valence-corrected chi connectivity index (χ3v) is 4.99. The Hall–Kier alpha value is -3.68. The molecule has 0 aliphatic carbocycles. The minimum absolute atomic E-state index is 0.0199. The van der Waals surface area contributed by atoms with Gasteiger partial charge in [0.05, 0.1) is 5.92 Å². The zero-order valence-electron chi connectivity index (χ0n) is 16.8. The van der Waals surface area contributed by atoms with Gasteiger partial charge in [-0.2, -0.15) is 0 Å². The number of amides is 2. The van der Waals surface area contributed by atoms with Crippen LogP contribution >= 0.6 is 0 Å². The van der Waals surface area contributed by atoms with E-state index in [9.17, 15) is 9.59 Å². The molecular formula is C22H24N6O2. The topological polar surface area (TPSA) is 92.1 Å². The number of hydrogen-bond donors (Lipinski definition) is 2. The maximum Gasteiger partial charge on any atom is 0.227 e. The zero-order chi connectivity index (χ0) is 20.9. The molecule has 1 aliphatic rings. The van der Waals surface area contributed by atoms with Crippen molar-refractivity contribution in [2.24, 2.45) is 5.92 Å². The molecule has 0 radical (unpaired) electrons. The molecule has 1 aliphatic heterocycles. The molecule has 8 heteroatoms. The van der Waals surface area contributed by atoms with E-state index < -0.39 is 0 Å². The standard InChI is InChI=1S/C22H24N6O2/c1-16-25-19(14-20(26-16)27-11-5-6-12-27)23-9-10-24-22(30)17-13-21(29)28(15-17)18-7-3-2-4-8-18/h2-8,11-12,14,17H,9-10,13,15H2,1H3,(H,24,30)(H,23,25,26). The van der Waals surface area contributed by atoms with Crippen LogP contribution in [0.1, 0.15) is 12.2 Å². The summed E-state index contributed by atoms with van der Waals surface area (Å²) in [6.45, 7) is 3.22. The molecule has 2 amide bonds. The molecule has 3 heterocycles. The fourth-order valence-electron chi connectivity index (χ4n) is 3.52. The van der Waals surface area contributed by atoms with E-state index in [0.29, 0.717) is 31.3 Å². The van der Waals surface area contributed by atoms with E-state index in [1.165, 1.54) is 0 Å². The molecule has 0 spiro atoms. The lowest BCUT2D eigenvalue weighted by molar-refractivity contribution is -0.126. The van der Waals surface area contributed by atoms with E-state index >= 15 is 0 Å². The van der Waals surface area contributed by atoms with Gasteiger partial charge in [-0.1, -0.05) is 18.2 Å². The molecule has 1 atom stereocenters. The van der Waals surface area contributed by atoms with Crippen LogP contribution in [0.4, 0.5) is 11.5 Å². The summed E-state index contributed by atoms with van der Waals surface area (Å²) in [5, 5.41) is 6.14. The van der Waals surface area contributed by atoms with Gasteiger partial charge in [0, 0.05) is 50.2 Å². The van der Waals surface area contributed by atoms with Crippen molar-refractivity contribution in [1.82, 2.24) is 19.9 Å². The fraction of sp³-hybridized carbons (Fsp3) is 0.273. The summed E-state index contributed by atoms with van der Waals surface area (Å²) in [5.74, 6) is 1.69. The van der Waals surface area contributed by atoms with Crippen molar-refractivity contribution in [1.29, 1.82) is 0 Å². The van der Waals surface area contributed by atoms with Gasteiger partial charge in [0.2, 0.25) is 11.8 Å². The van der Waals surface area contributed by atoms with Gasteiger partial charge in [-0.15, -0.1) is 0 Å². The van der Waals surface area contributed by atoms with Gasteiger partial charge < -0.3 is 20.1 Å². The second-order valence-corrected chi connectivity index (χ2v) is 7.21. The van der Waals surface area contributed by atoms with Gasteiger partial charge in [0.15, 0.2) is 0 Å². The number of para-hydroxylation sites is 1. The molecule has 1 fully saturated rings. The molecular weight excluding hydrogens is 380 g/mol. The van der Waals surface area contributed by atoms with Gasteiger partial charge >= 0.3 is 0 Å². The lowest BCUT2D eigenvalue weighted by Gasteiger charge is -2.16. The normalized spacial score (nSPS) is 16.0. The van der Waals surface area contributed by atoms with Gasteiger partial charge in [-0.3, -0.25) is 9.59 Å². The molecule has 1 aromatic carbocycles. The predicted octanol–water partition coefficient (Wildman–Crippen LogP) is 2.16. The molecule has 2 aromatic heterocycles. The Morgan fingerprint density at radius 1 is 1.10 bits per heavy atom. The predicted molar refractivity (Wildman–Crippen MR) is 114 cm³/mol. The Bertz CT molecular complexity index is 1020. The van der Waals surface area contributed by atoms with Crippen molar-refractivity contribution in [2.45, 2.75) is 13.3 Å². The van der Waals surface area contributed by atoms with Gasteiger partial charge in [0.25, 0.3) is 0 Å². The van der Waals surface area contributed by atoms with Crippen LogP contribution in [0.15, 0.2) is 60.9 Å². The highest BCUT2D eigenvalue weighted by molar-refractivity contribution is 6.00. The Morgan fingerprint density at radius 2 is 1.87 bits per heavy atom. The minimum Gasteiger partial charge on any atom is -0.368 e. The summed E-state index contributed by atoms with van der Waals surface area (Å²) < 4.78 is 1.91. The molecule has 1 unspecified atom stereocenters.